The number of methoxy groups -OCH3 is 1. The van der Waals surface area contributed by atoms with Gasteiger partial charge in [-0.25, -0.2) is 0 Å². The van der Waals surface area contributed by atoms with Crippen molar-refractivity contribution in [2.75, 3.05) is 13.7 Å². The van der Waals surface area contributed by atoms with Gasteiger partial charge < -0.3 is 9.64 Å². The number of fused-ring (bicyclic) bond motifs is 1. The lowest BCUT2D eigenvalue weighted by Crippen LogP contribution is -3.10. The van der Waals surface area contributed by atoms with E-state index in [1.807, 2.05) is 18.2 Å². The van der Waals surface area contributed by atoms with Crippen LogP contribution in [0.15, 0.2) is 42.5 Å². The fraction of sp³-hybridized carbons (Fsp3) is 0.316. The molecule has 0 spiro atoms. The minimum absolute atomic E-state index is 0.0999. The molecule has 1 unspecified atom stereocenters. The molecule has 22 heavy (non-hydrogen) atoms. The Bertz CT molecular complexity index is 694. The van der Waals surface area contributed by atoms with Crippen molar-refractivity contribution < 1.29 is 14.4 Å². The van der Waals surface area contributed by atoms with Crippen LogP contribution in [-0.4, -0.2) is 19.4 Å². The molecule has 2 aromatic rings. The van der Waals surface area contributed by atoms with Gasteiger partial charge in [0.2, 0.25) is 0 Å². The quantitative estimate of drug-likeness (QED) is 0.875. The van der Waals surface area contributed by atoms with E-state index in [1.54, 1.807) is 14.0 Å². The van der Waals surface area contributed by atoms with Gasteiger partial charge in [-0.2, -0.15) is 0 Å². The summed E-state index contributed by atoms with van der Waals surface area (Å²) in [6, 6.07) is 14.4. The Hall–Kier alpha value is -2.13. The van der Waals surface area contributed by atoms with Gasteiger partial charge in [0.15, 0.2) is 5.78 Å². The number of nitrogens with one attached hydrogen (secondary N) is 1. The van der Waals surface area contributed by atoms with Gasteiger partial charge in [-0.15, -0.1) is 0 Å². The molecular weight excluding hydrogens is 274 g/mol. The Morgan fingerprint density at radius 1 is 1.18 bits per heavy atom. The van der Waals surface area contributed by atoms with Crippen molar-refractivity contribution in [2.45, 2.75) is 26.4 Å². The second-order valence-electron chi connectivity index (χ2n) is 5.96. The first-order valence-corrected chi connectivity index (χ1v) is 7.75. The average molecular weight is 296 g/mol. The highest BCUT2D eigenvalue weighted by atomic mass is 16.5. The van der Waals surface area contributed by atoms with E-state index in [0.717, 1.165) is 42.9 Å². The van der Waals surface area contributed by atoms with Crippen molar-refractivity contribution in [1.29, 1.82) is 0 Å². The minimum atomic E-state index is 0.0999. The van der Waals surface area contributed by atoms with Crippen molar-refractivity contribution in [2.24, 2.45) is 0 Å². The fourth-order valence-corrected chi connectivity index (χ4v) is 3.20. The maximum Gasteiger partial charge on any atom is 0.159 e. The number of ketones is 1. The SMILES string of the molecule is COc1ccc(C(C)=O)cc1C[NH+]1CCc2ccccc2C1. The Balaban J connectivity index is 1.81. The summed E-state index contributed by atoms with van der Waals surface area (Å²) in [5, 5.41) is 0. The lowest BCUT2D eigenvalue weighted by Gasteiger charge is -2.26. The highest BCUT2D eigenvalue weighted by Crippen LogP contribution is 2.20. The van der Waals surface area contributed by atoms with Crippen LogP contribution in [-0.2, 0) is 19.5 Å². The molecule has 1 heterocycles. The maximum absolute atomic E-state index is 11.6. The monoisotopic (exact) mass is 296 g/mol. The second kappa shape index (κ2) is 6.32. The molecule has 1 aliphatic rings. The lowest BCUT2D eigenvalue weighted by atomic mass is 9.99. The largest absolute Gasteiger partial charge is 0.496 e. The maximum atomic E-state index is 11.6. The van der Waals surface area contributed by atoms with E-state index in [0.29, 0.717) is 0 Å². The van der Waals surface area contributed by atoms with Gasteiger partial charge in [0.25, 0.3) is 0 Å². The highest BCUT2D eigenvalue weighted by molar-refractivity contribution is 5.94. The molecular formula is C19H22NO2+. The van der Waals surface area contributed by atoms with Crippen LogP contribution in [0.25, 0.3) is 0 Å². The second-order valence-corrected chi connectivity index (χ2v) is 5.96. The molecule has 3 nitrogen and oxygen atoms in total. The first-order valence-electron chi connectivity index (χ1n) is 7.75. The highest BCUT2D eigenvalue weighted by Gasteiger charge is 2.20. The molecule has 1 atom stereocenters. The zero-order valence-corrected chi connectivity index (χ0v) is 13.2. The molecule has 114 valence electrons. The van der Waals surface area contributed by atoms with Gasteiger partial charge in [-0.3, -0.25) is 4.79 Å². The van der Waals surface area contributed by atoms with Gasteiger partial charge in [-0.05, 0) is 30.7 Å². The third-order valence-electron chi connectivity index (χ3n) is 4.43. The summed E-state index contributed by atoms with van der Waals surface area (Å²) >= 11 is 0. The summed E-state index contributed by atoms with van der Waals surface area (Å²) in [7, 11) is 1.69. The first kappa shape index (κ1) is 14.8. The minimum Gasteiger partial charge on any atom is -0.496 e. The molecule has 0 aliphatic carbocycles. The van der Waals surface area contributed by atoms with Crippen molar-refractivity contribution in [3.63, 3.8) is 0 Å². The zero-order valence-electron chi connectivity index (χ0n) is 13.2. The molecule has 2 aromatic carbocycles. The van der Waals surface area contributed by atoms with E-state index in [9.17, 15) is 4.79 Å². The van der Waals surface area contributed by atoms with E-state index in [-0.39, 0.29) is 5.78 Å². The number of Topliss-reactive ketones (excluding diaryl/α,β-unsaturated/α-hetero) is 1. The van der Waals surface area contributed by atoms with Crippen LogP contribution in [0.1, 0.15) is 34.0 Å². The van der Waals surface area contributed by atoms with Gasteiger partial charge in [0.1, 0.15) is 18.8 Å². The van der Waals surface area contributed by atoms with Gasteiger partial charge in [0.05, 0.1) is 13.7 Å². The molecule has 0 radical (unpaired) electrons. The van der Waals surface area contributed by atoms with Crippen LogP contribution in [0.4, 0.5) is 0 Å². The Morgan fingerprint density at radius 2 is 1.95 bits per heavy atom. The standard InChI is InChI=1S/C19H21NO2/c1-14(21)16-7-8-19(22-2)18(11-16)13-20-10-9-15-5-3-4-6-17(15)12-20/h3-8,11H,9-10,12-13H2,1-2H3/p+1. The van der Waals surface area contributed by atoms with E-state index in [1.165, 1.54) is 16.0 Å². The summed E-state index contributed by atoms with van der Waals surface area (Å²) in [5.74, 6) is 0.972. The summed E-state index contributed by atoms with van der Waals surface area (Å²) in [5.41, 5.74) is 4.78. The van der Waals surface area contributed by atoms with Crippen LogP contribution < -0.4 is 9.64 Å². The molecule has 1 aliphatic heterocycles. The normalized spacial score (nSPS) is 16.9. The van der Waals surface area contributed by atoms with Crippen LogP contribution in [0.5, 0.6) is 5.75 Å². The predicted molar refractivity (Wildman–Crippen MR) is 86.4 cm³/mol. The lowest BCUT2D eigenvalue weighted by molar-refractivity contribution is -0.929. The molecule has 3 heteroatoms. The fourth-order valence-electron chi connectivity index (χ4n) is 3.20. The molecule has 1 N–H and O–H groups in total. The number of rotatable bonds is 4. The van der Waals surface area contributed by atoms with E-state index >= 15 is 0 Å². The Kier molecular flexibility index (Phi) is 4.25. The van der Waals surface area contributed by atoms with Crippen LogP contribution in [0.2, 0.25) is 0 Å². The first-order chi connectivity index (χ1) is 10.7. The average Bonchev–Trinajstić information content (AvgIpc) is 2.54. The number of carbonyl (C=O) groups is 1. The summed E-state index contributed by atoms with van der Waals surface area (Å²) in [6.07, 6.45) is 1.11. The Morgan fingerprint density at radius 3 is 2.68 bits per heavy atom. The topological polar surface area (TPSA) is 30.7 Å². The summed E-state index contributed by atoms with van der Waals surface area (Å²) in [4.78, 5) is 13.1. The van der Waals surface area contributed by atoms with Gasteiger partial charge >= 0.3 is 0 Å². The van der Waals surface area contributed by atoms with Crippen molar-refractivity contribution in [3.05, 3.63) is 64.7 Å². The molecule has 0 amide bonds. The zero-order chi connectivity index (χ0) is 15.5. The van der Waals surface area contributed by atoms with Crippen molar-refractivity contribution >= 4 is 5.78 Å². The number of quaternary nitrogens is 1. The number of hydrogen-bond donors (Lipinski definition) is 1. The number of hydrogen-bond acceptors (Lipinski definition) is 2. The predicted octanol–water partition coefficient (Wildman–Crippen LogP) is 2.04. The number of carbonyl (C=O) groups excluding carboxylic acids is 1. The van der Waals surface area contributed by atoms with Gasteiger partial charge in [-0.1, -0.05) is 24.3 Å². The molecule has 0 aromatic heterocycles. The van der Waals surface area contributed by atoms with Gasteiger partial charge in [0, 0.05) is 23.1 Å². The van der Waals surface area contributed by atoms with Crippen molar-refractivity contribution in [1.82, 2.24) is 0 Å². The van der Waals surface area contributed by atoms with E-state index in [4.69, 9.17) is 4.74 Å². The molecule has 0 saturated carbocycles. The number of benzene rings is 2. The van der Waals surface area contributed by atoms with E-state index in [2.05, 4.69) is 24.3 Å². The summed E-state index contributed by atoms with van der Waals surface area (Å²) < 4.78 is 5.47. The van der Waals surface area contributed by atoms with Crippen LogP contribution in [0.3, 0.4) is 0 Å². The molecule has 3 rings (SSSR count). The van der Waals surface area contributed by atoms with Crippen LogP contribution in [0, 0.1) is 0 Å². The number of ether oxygens (including phenoxy) is 1. The van der Waals surface area contributed by atoms with Crippen molar-refractivity contribution in [3.8, 4) is 5.75 Å². The molecule has 0 fully saturated rings. The Labute approximate surface area is 131 Å². The smallest absolute Gasteiger partial charge is 0.159 e. The summed E-state index contributed by atoms with van der Waals surface area (Å²) in [6.45, 7) is 4.64. The van der Waals surface area contributed by atoms with Crippen LogP contribution >= 0.6 is 0 Å². The third kappa shape index (κ3) is 3.04. The van der Waals surface area contributed by atoms with E-state index < -0.39 is 0 Å². The molecule has 0 bridgehead atoms. The molecule has 0 saturated heterocycles. The third-order valence-corrected chi connectivity index (χ3v) is 4.43.